The molecule has 0 spiro atoms. The lowest BCUT2D eigenvalue weighted by atomic mass is 10.1. The lowest BCUT2D eigenvalue weighted by Crippen LogP contribution is -2.44. The molecule has 8 nitrogen and oxygen atoms in total. The lowest BCUT2D eigenvalue weighted by Gasteiger charge is -2.33. The number of nitrogens with zero attached hydrogens (tertiary/aromatic N) is 3. The van der Waals surface area contributed by atoms with E-state index in [1.165, 1.54) is 6.08 Å². The number of anilines is 2. The van der Waals surface area contributed by atoms with Crippen molar-refractivity contribution in [3.8, 4) is 0 Å². The van der Waals surface area contributed by atoms with Crippen LogP contribution in [0.1, 0.15) is 16.1 Å². The van der Waals surface area contributed by atoms with Gasteiger partial charge in [0.1, 0.15) is 5.82 Å². The van der Waals surface area contributed by atoms with Crippen molar-refractivity contribution in [3.05, 3.63) is 84.5 Å². The van der Waals surface area contributed by atoms with Crippen LogP contribution in [-0.2, 0) is 0 Å². The third kappa shape index (κ3) is 7.10. The molecule has 3 heterocycles. The average molecular weight is 434 g/mol. The van der Waals surface area contributed by atoms with Crippen molar-refractivity contribution in [2.45, 2.75) is 0 Å². The third-order valence-electron chi connectivity index (χ3n) is 4.83. The van der Waals surface area contributed by atoms with Crippen molar-refractivity contribution in [2.24, 2.45) is 0 Å². The zero-order valence-corrected chi connectivity index (χ0v) is 17.8. The first-order valence-corrected chi connectivity index (χ1v) is 10.2. The van der Waals surface area contributed by atoms with Crippen LogP contribution in [0.5, 0.6) is 0 Å². The van der Waals surface area contributed by atoms with Crippen molar-refractivity contribution < 1.29 is 19.1 Å². The number of benzene rings is 1. The number of carbonyl (C=O) groups excluding carboxylic acids is 1. The summed E-state index contributed by atoms with van der Waals surface area (Å²) in [6.07, 6.45) is 5.29. The van der Waals surface area contributed by atoms with E-state index in [0.29, 0.717) is 11.3 Å². The molecule has 166 valence electrons. The van der Waals surface area contributed by atoms with Crippen LogP contribution in [0, 0.1) is 0 Å². The molecule has 0 aliphatic carbocycles. The minimum atomic E-state index is -1.14. The van der Waals surface area contributed by atoms with Gasteiger partial charge in [0.2, 0.25) is 0 Å². The Morgan fingerprint density at radius 3 is 2.28 bits per heavy atom. The standard InChI is InChI=1S/C20H22N4O3.C4H4O/c1-23-11-13-24(14-12-23)19-4-2-3-16(21-19)9-10-18(25)15-5-7-17(8-6-15)22-20(26)27;1-2-4-5-3-1/h2-10,22H,11-14H2,1H3,(H,26,27);1-4H. The van der Waals surface area contributed by atoms with Gasteiger partial charge in [0.15, 0.2) is 5.78 Å². The van der Waals surface area contributed by atoms with Gasteiger partial charge < -0.3 is 19.3 Å². The summed E-state index contributed by atoms with van der Waals surface area (Å²) in [7, 11) is 2.11. The molecule has 1 aromatic carbocycles. The van der Waals surface area contributed by atoms with Crippen LogP contribution in [0.15, 0.2) is 77.6 Å². The van der Waals surface area contributed by atoms with E-state index in [1.807, 2.05) is 30.3 Å². The van der Waals surface area contributed by atoms with E-state index in [-0.39, 0.29) is 5.78 Å². The Labute approximate surface area is 186 Å². The SMILES string of the molecule is CN1CCN(c2cccc(C=CC(=O)c3ccc(NC(=O)O)cc3)n2)CC1.c1ccoc1. The van der Waals surface area contributed by atoms with Crippen molar-refractivity contribution >= 4 is 29.5 Å². The molecule has 1 aliphatic heterocycles. The highest BCUT2D eigenvalue weighted by atomic mass is 16.4. The fourth-order valence-corrected chi connectivity index (χ4v) is 3.07. The number of hydrogen-bond acceptors (Lipinski definition) is 6. The Morgan fingerprint density at radius 2 is 1.69 bits per heavy atom. The van der Waals surface area contributed by atoms with Gasteiger partial charge in [-0.05, 0) is 67.7 Å². The van der Waals surface area contributed by atoms with Crippen LogP contribution in [0.25, 0.3) is 6.08 Å². The molecule has 0 bridgehead atoms. The predicted molar refractivity (Wildman–Crippen MR) is 124 cm³/mol. The van der Waals surface area contributed by atoms with Gasteiger partial charge in [0, 0.05) is 37.4 Å². The Morgan fingerprint density at radius 1 is 1.00 bits per heavy atom. The van der Waals surface area contributed by atoms with Crippen molar-refractivity contribution in [1.29, 1.82) is 0 Å². The number of carboxylic acid groups (broad SMARTS) is 1. The van der Waals surface area contributed by atoms with E-state index >= 15 is 0 Å². The second-order valence-corrected chi connectivity index (χ2v) is 7.21. The van der Waals surface area contributed by atoms with E-state index in [0.717, 1.165) is 37.7 Å². The molecule has 32 heavy (non-hydrogen) atoms. The number of ketones is 1. The monoisotopic (exact) mass is 434 g/mol. The average Bonchev–Trinajstić information content (AvgIpc) is 3.39. The van der Waals surface area contributed by atoms with Crippen LogP contribution < -0.4 is 10.2 Å². The normalized spacial score (nSPS) is 14.0. The summed E-state index contributed by atoms with van der Waals surface area (Å²) in [5, 5.41) is 10.9. The van der Waals surface area contributed by atoms with Crippen LogP contribution in [0.3, 0.4) is 0 Å². The molecule has 0 saturated carbocycles. The first-order valence-electron chi connectivity index (χ1n) is 10.2. The molecule has 1 amide bonds. The molecule has 3 aromatic rings. The summed E-state index contributed by atoms with van der Waals surface area (Å²) in [5.74, 6) is 0.755. The number of amides is 1. The largest absolute Gasteiger partial charge is 0.473 e. The van der Waals surface area contributed by atoms with E-state index in [2.05, 4.69) is 31.6 Å². The number of furan rings is 1. The van der Waals surface area contributed by atoms with Gasteiger partial charge in [-0.1, -0.05) is 6.07 Å². The highest BCUT2D eigenvalue weighted by Gasteiger charge is 2.15. The van der Waals surface area contributed by atoms with Crippen molar-refractivity contribution in [3.63, 3.8) is 0 Å². The molecule has 1 saturated heterocycles. The van der Waals surface area contributed by atoms with E-state index < -0.39 is 6.09 Å². The number of aromatic nitrogens is 1. The van der Waals surface area contributed by atoms with Gasteiger partial charge in [-0.2, -0.15) is 0 Å². The number of hydrogen-bond donors (Lipinski definition) is 2. The number of allylic oxidation sites excluding steroid dienone is 1. The maximum absolute atomic E-state index is 12.3. The Balaban J connectivity index is 0.000000509. The minimum Gasteiger partial charge on any atom is -0.473 e. The van der Waals surface area contributed by atoms with Gasteiger partial charge >= 0.3 is 6.09 Å². The number of likely N-dealkylation sites (N-methyl/N-ethyl adjacent to an activating group) is 1. The summed E-state index contributed by atoms with van der Waals surface area (Å²) in [4.78, 5) is 32.1. The highest BCUT2D eigenvalue weighted by Crippen LogP contribution is 2.15. The Kier molecular flexibility index (Phi) is 8.16. The number of carbonyl (C=O) groups is 2. The van der Waals surface area contributed by atoms with E-state index in [4.69, 9.17) is 5.11 Å². The first-order chi connectivity index (χ1) is 15.5. The fraction of sp³-hybridized carbons (Fsp3) is 0.208. The Hall–Kier alpha value is -3.91. The number of pyridine rings is 1. The van der Waals surface area contributed by atoms with Crippen LogP contribution in [0.2, 0.25) is 0 Å². The van der Waals surface area contributed by atoms with Gasteiger partial charge in [0.05, 0.1) is 18.2 Å². The molecular weight excluding hydrogens is 408 g/mol. The summed E-state index contributed by atoms with van der Waals surface area (Å²) in [6.45, 7) is 3.89. The zero-order valence-electron chi connectivity index (χ0n) is 17.8. The Bertz CT molecular complexity index is 1010. The smallest absolute Gasteiger partial charge is 0.409 e. The van der Waals surface area contributed by atoms with Crippen LogP contribution in [0.4, 0.5) is 16.3 Å². The molecule has 0 radical (unpaired) electrons. The second kappa shape index (κ2) is 11.5. The maximum Gasteiger partial charge on any atom is 0.409 e. The molecule has 2 aromatic heterocycles. The molecular formula is C24H26N4O4. The fourth-order valence-electron chi connectivity index (χ4n) is 3.07. The van der Waals surface area contributed by atoms with Crippen molar-refractivity contribution in [1.82, 2.24) is 9.88 Å². The third-order valence-corrected chi connectivity index (χ3v) is 4.83. The summed E-state index contributed by atoms with van der Waals surface area (Å²) < 4.78 is 4.58. The second-order valence-electron chi connectivity index (χ2n) is 7.21. The molecule has 1 aliphatic rings. The number of piperazine rings is 1. The number of nitrogens with one attached hydrogen (secondary N) is 1. The summed E-state index contributed by atoms with van der Waals surface area (Å²) in [5.41, 5.74) is 1.63. The van der Waals surface area contributed by atoms with Crippen LogP contribution in [-0.4, -0.2) is 60.1 Å². The summed E-state index contributed by atoms with van der Waals surface area (Å²) >= 11 is 0. The molecule has 2 N–H and O–H groups in total. The topological polar surface area (TPSA) is 98.9 Å². The van der Waals surface area contributed by atoms with Crippen LogP contribution >= 0.6 is 0 Å². The predicted octanol–water partition coefficient (Wildman–Crippen LogP) is 4.10. The molecule has 1 fully saturated rings. The zero-order chi connectivity index (χ0) is 22.8. The quantitative estimate of drug-likeness (QED) is 0.461. The minimum absolute atomic E-state index is 0.163. The lowest BCUT2D eigenvalue weighted by molar-refractivity contribution is 0.104. The molecule has 0 atom stereocenters. The van der Waals surface area contributed by atoms with Gasteiger partial charge in [-0.3, -0.25) is 10.1 Å². The molecule has 0 unspecified atom stereocenters. The maximum atomic E-state index is 12.3. The first kappa shape index (κ1) is 22.8. The van der Waals surface area contributed by atoms with E-state index in [9.17, 15) is 9.59 Å². The van der Waals surface area contributed by atoms with Gasteiger partial charge in [-0.25, -0.2) is 9.78 Å². The highest BCUT2D eigenvalue weighted by molar-refractivity contribution is 6.07. The van der Waals surface area contributed by atoms with Gasteiger partial charge in [-0.15, -0.1) is 0 Å². The van der Waals surface area contributed by atoms with Gasteiger partial charge in [0.25, 0.3) is 0 Å². The van der Waals surface area contributed by atoms with E-state index in [1.54, 1.807) is 42.9 Å². The molecule has 4 rings (SSSR count). The summed E-state index contributed by atoms with van der Waals surface area (Å²) in [6, 6.07) is 15.7. The van der Waals surface area contributed by atoms with Crippen molar-refractivity contribution in [2.75, 3.05) is 43.4 Å². The number of rotatable bonds is 5. The molecule has 8 heteroatoms.